The minimum Gasteiger partial charge on any atom is -0.478 e. The third-order valence-corrected chi connectivity index (χ3v) is 4.35. The van der Waals surface area contributed by atoms with Crippen LogP contribution in [0.25, 0.3) is 0 Å². The largest absolute Gasteiger partial charge is 0.478 e. The van der Waals surface area contributed by atoms with Gasteiger partial charge in [-0.2, -0.15) is 5.10 Å². The average Bonchev–Trinajstić information content (AvgIpc) is 3.00. The zero-order valence-corrected chi connectivity index (χ0v) is 15.6. The third-order valence-electron chi connectivity index (χ3n) is 4.35. The molecule has 0 bridgehead atoms. The monoisotopic (exact) mass is 358 g/mol. The molecule has 0 aromatic carbocycles. The summed E-state index contributed by atoms with van der Waals surface area (Å²) in [5.74, 6) is -0.0170. The maximum Gasteiger partial charge on any atom is 0.339 e. The number of pyridine rings is 1. The lowest BCUT2D eigenvalue weighted by Crippen LogP contribution is -2.21. The Labute approximate surface area is 153 Å². The van der Waals surface area contributed by atoms with Crippen LogP contribution >= 0.6 is 0 Å². The molecule has 1 aliphatic heterocycles. The average molecular weight is 358 g/mol. The van der Waals surface area contributed by atoms with Crippen LogP contribution in [0.1, 0.15) is 54.5 Å². The van der Waals surface area contributed by atoms with Crippen LogP contribution in [0.2, 0.25) is 0 Å². The van der Waals surface area contributed by atoms with Crippen LogP contribution < -0.4 is 5.32 Å². The maximum absolute atomic E-state index is 11.5. The molecule has 2 aromatic heterocycles. The Morgan fingerprint density at radius 3 is 2.92 bits per heavy atom. The first kappa shape index (κ1) is 18.4. The van der Waals surface area contributed by atoms with E-state index in [2.05, 4.69) is 21.5 Å². The number of rotatable bonds is 6. The highest BCUT2D eigenvalue weighted by molar-refractivity contribution is 5.88. The van der Waals surface area contributed by atoms with E-state index in [1.165, 1.54) is 11.8 Å². The van der Waals surface area contributed by atoms with Gasteiger partial charge in [0.05, 0.1) is 24.1 Å². The van der Waals surface area contributed by atoms with Crippen LogP contribution in [0.3, 0.4) is 0 Å². The second kappa shape index (κ2) is 7.45. The van der Waals surface area contributed by atoms with Gasteiger partial charge in [-0.3, -0.25) is 4.68 Å². The van der Waals surface area contributed by atoms with Crippen molar-refractivity contribution in [2.24, 2.45) is 0 Å². The number of hydrogen-bond donors (Lipinski definition) is 2. The molecular formula is C19H26N4O3. The Morgan fingerprint density at radius 2 is 2.19 bits per heavy atom. The summed E-state index contributed by atoms with van der Waals surface area (Å²) < 4.78 is 7.49. The molecule has 140 valence electrons. The van der Waals surface area contributed by atoms with Crippen molar-refractivity contribution in [3.63, 3.8) is 0 Å². The lowest BCUT2D eigenvalue weighted by molar-refractivity contribution is -0.0185. The van der Waals surface area contributed by atoms with Crippen molar-refractivity contribution in [1.29, 1.82) is 0 Å². The van der Waals surface area contributed by atoms with Crippen molar-refractivity contribution in [2.45, 2.75) is 58.8 Å². The number of carboxylic acids is 1. The number of nitrogens with one attached hydrogen (secondary N) is 1. The predicted octanol–water partition coefficient (Wildman–Crippen LogP) is 2.89. The molecule has 2 aromatic rings. The van der Waals surface area contributed by atoms with E-state index in [-0.39, 0.29) is 17.8 Å². The van der Waals surface area contributed by atoms with E-state index in [1.54, 1.807) is 4.68 Å². The molecule has 0 spiro atoms. The number of anilines is 1. The summed E-state index contributed by atoms with van der Waals surface area (Å²) in [7, 11) is 0. The summed E-state index contributed by atoms with van der Waals surface area (Å²) in [6.07, 6.45) is 4.27. The SMILES string of the molecule is CC(C)(C)OCc1c(C(=O)O)cnn1CCc1ccc2c(n1)NCCC2. The highest BCUT2D eigenvalue weighted by Crippen LogP contribution is 2.20. The smallest absolute Gasteiger partial charge is 0.339 e. The van der Waals surface area contributed by atoms with E-state index in [1.807, 2.05) is 26.8 Å². The summed E-state index contributed by atoms with van der Waals surface area (Å²) in [5, 5.41) is 17.0. The van der Waals surface area contributed by atoms with E-state index in [9.17, 15) is 9.90 Å². The van der Waals surface area contributed by atoms with Crippen molar-refractivity contribution in [1.82, 2.24) is 14.8 Å². The third kappa shape index (κ3) is 4.40. The van der Waals surface area contributed by atoms with Crippen molar-refractivity contribution in [3.8, 4) is 0 Å². The van der Waals surface area contributed by atoms with Gasteiger partial charge in [0.1, 0.15) is 11.4 Å². The number of fused-ring (bicyclic) bond motifs is 1. The van der Waals surface area contributed by atoms with Crippen molar-refractivity contribution >= 4 is 11.8 Å². The molecule has 0 fully saturated rings. The predicted molar refractivity (Wildman–Crippen MR) is 98.5 cm³/mol. The zero-order chi connectivity index (χ0) is 18.7. The molecule has 1 aliphatic rings. The van der Waals surface area contributed by atoms with E-state index >= 15 is 0 Å². The summed E-state index contributed by atoms with van der Waals surface area (Å²) in [5.41, 5.74) is 2.65. The molecular weight excluding hydrogens is 332 g/mol. The summed E-state index contributed by atoms with van der Waals surface area (Å²) in [6.45, 7) is 7.56. The van der Waals surface area contributed by atoms with Crippen molar-refractivity contribution in [3.05, 3.63) is 40.8 Å². The molecule has 0 radical (unpaired) electrons. The molecule has 3 heterocycles. The fourth-order valence-electron chi connectivity index (χ4n) is 2.95. The van der Waals surface area contributed by atoms with E-state index in [0.717, 1.165) is 30.9 Å². The number of nitrogens with zero attached hydrogens (tertiary/aromatic N) is 3. The van der Waals surface area contributed by atoms with Crippen molar-refractivity contribution in [2.75, 3.05) is 11.9 Å². The molecule has 26 heavy (non-hydrogen) atoms. The molecule has 0 amide bonds. The van der Waals surface area contributed by atoms with Gasteiger partial charge in [0, 0.05) is 25.2 Å². The number of aromatic carboxylic acids is 1. The minimum absolute atomic E-state index is 0.189. The lowest BCUT2D eigenvalue weighted by Gasteiger charge is -2.20. The highest BCUT2D eigenvalue weighted by Gasteiger charge is 2.20. The minimum atomic E-state index is -0.986. The second-order valence-electron chi connectivity index (χ2n) is 7.52. The van der Waals surface area contributed by atoms with Gasteiger partial charge >= 0.3 is 5.97 Å². The topological polar surface area (TPSA) is 89.3 Å². The molecule has 3 rings (SSSR count). The van der Waals surface area contributed by atoms with Gasteiger partial charge < -0.3 is 15.2 Å². The van der Waals surface area contributed by atoms with Gasteiger partial charge in [-0.25, -0.2) is 9.78 Å². The Kier molecular flexibility index (Phi) is 5.27. The summed E-state index contributed by atoms with van der Waals surface area (Å²) in [6, 6.07) is 4.16. The molecule has 2 N–H and O–H groups in total. The van der Waals surface area contributed by atoms with Gasteiger partial charge in [0.15, 0.2) is 0 Å². The van der Waals surface area contributed by atoms with Crippen molar-refractivity contribution < 1.29 is 14.6 Å². The molecule has 0 saturated carbocycles. The van der Waals surface area contributed by atoms with Crippen LogP contribution in [0.15, 0.2) is 18.3 Å². The molecule has 7 nitrogen and oxygen atoms in total. The van der Waals surface area contributed by atoms with Crippen LogP contribution in [0, 0.1) is 0 Å². The quantitative estimate of drug-likeness (QED) is 0.825. The standard InChI is InChI=1S/C19H26N4O3/c1-19(2,3)26-12-16-15(18(24)25)11-21-23(16)10-8-14-7-6-13-5-4-9-20-17(13)22-14/h6-7,11H,4-5,8-10,12H2,1-3H3,(H,20,22)(H,24,25). The Morgan fingerprint density at radius 1 is 1.38 bits per heavy atom. The molecule has 7 heteroatoms. The summed E-state index contributed by atoms with van der Waals surface area (Å²) >= 11 is 0. The van der Waals surface area contributed by atoms with Crippen LogP contribution in [0.5, 0.6) is 0 Å². The number of aryl methyl sites for hydroxylation is 3. The Balaban J connectivity index is 1.74. The van der Waals surface area contributed by atoms with Gasteiger partial charge in [0.2, 0.25) is 0 Å². The normalized spacial score (nSPS) is 14.0. The number of carboxylic acid groups (broad SMARTS) is 1. The van der Waals surface area contributed by atoms with Crippen LogP contribution in [-0.2, 0) is 30.7 Å². The number of hydrogen-bond acceptors (Lipinski definition) is 5. The fraction of sp³-hybridized carbons (Fsp3) is 0.526. The van der Waals surface area contributed by atoms with E-state index in [4.69, 9.17) is 4.74 Å². The van der Waals surface area contributed by atoms with Gasteiger partial charge in [-0.1, -0.05) is 6.07 Å². The maximum atomic E-state index is 11.5. The number of aromatic nitrogens is 3. The first-order chi connectivity index (χ1) is 12.3. The molecule has 0 atom stereocenters. The van der Waals surface area contributed by atoms with Gasteiger partial charge in [-0.15, -0.1) is 0 Å². The highest BCUT2D eigenvalue weighted by atomic mass is 16.5. The number of ether oxygens (including phenoxy) is 1. The number of carbonyl (C=O) groups is 1. The first-order valence-corrected chi connectivity index (χ1v) is 8.98. The lowest BCUT2D eigenvalue weighted by atomic mass is 10.1. The van der Waals surface area contributed by atoms with E-state index in [0.29, 0.717) is 18.7 Å². The Bertz CT molecular complexity index is 793. The molecule has 0 aliphatic carbocycles. The Hall–Kier alpha value is -2.41. The van der Waals surface area contributed by atoms with Gasteiger partial charge in [-0.05, 0) is 45.2 Å². The zero-order valence-electron chi connectivity index (χ0n) is 15.6. The van der Waals surface area contributed by atoms with E-state index < -0.39 is 5.97 Å². The molecule has 0 saturated heterocycles. The second-order valence-corrected chi connectivity index (χ2v) is 7.52. The summed E-state index contributed by atoms with van der Waals surface area (Å²) in [4.78, 5) is 16.2. The van der Waals surface area contributed by atoms with Gasteiger partial charge in [0.25, 0.3) is 0 Å². The van der Waals surface area contributed by atoms with Crippen LogP contribution in [-0.4, -0.2) is 38.0 Å². The van der Waals surface area contributed by atoms with Crippen LogP contribution in [0.4, 0.5) is 5.82 Å². The fourth-order valence-corrected chi connectivity index (χ4v) is 2.95. The first-order valence-electron chi connectivity index (χ1n) is 8.98. The molecule has 0 unspecified atom stereocenters.